The first-order valence-electron chi connectivity index (χ1n) is 3.84. The summed E-state index contributed by atoms with van der Waals surface area (Å²) in [5.74, 6) is 0. The van der Waals surface area contributed by atoms with Crippen molar-refractivity contribution in [1.82, 2.24) is 0 Å². The van der Waals surface area contributed by atoms with Crippen molar-refractivity contribution >= 4 is 0 Å². The van der Waals surface area contributed by atoms with Crippen LogP contribution in [0, 0.1) is 0 Å². The van der Waals surface area contributed by atoms with E-state index in [1.54, 1.807) is 21.3 Å². The summed E-state index contributed by atoms with van der Waals surface area (Å²) in [5, 5.41) is 0. The van der Waals surface area contributed by atoms with E-state index in [9.17, 15) is 0 Å². The van der Waals surface area contributed by atoms with Gasteiger partial charge in [-0.15, -0.1) is 0 Å². The lowest BCUT2D eigenvalue weighted by Crippen LogP contribution is -2.33. The van der Waals surface area contributed by atoms with Crippen LogP contribution < -0.4 is 0 Å². The number of hydrogen-bond acceptors (Lipinski definition) is 3. The lowest BCUT2D eigenvalue weighted by Gasteiger charge is -2.22. The Balaban J connectivity index is 3.76. The Labute approximate surface area is 68.6 Å². The normalized spacial score (nSPS) is 16.4. The first-order chi connectivity index (χ1) is 5.29. The second-order valence-electron chi connectivity index (χ2n) is 2.41. The summed E-state index contributed by atoms with van der Waals surface area (Å²) in [6.07, 6.45) is 1.13. The van der Waals surface area contributed by atoms with Gasteiger partial charge in [-0.1, -0.05) is 6.92 Å². The maximum Gasteiger partial charge on any atom is 0.106 e. The van der Waals surface area contributed by atoms with Crippen molar-refractivity contribution < 1.29 is 14.2 Å². The molecule has 0 saturated carbocycles. The summed E-state index contributed by atoms with van der Waals surface area (Å²) < 4.78 is 15.4. The monoisotopic (exact) mass is 162 g/mol. The zero-order valence-electron chi connectivity index (χ0n) is 7.79. The van der Waals surface area contributed by atoms with Crippen LogP contribution in [0.3, 0.4) is 0 Å². The third kappa shape index (κ3) is 3.70. The molecule has 3 heteroatoms. The molecular weight excluding hydrogens is 144 g/mol. The summed E-state index contributed by atoms with van der Waals surface area (Å²) >= 11 is 0. The highest BCUT2D eigenvalue weighted by atomic mass is 16.6. The van der Waals surface area contributed by atoms with Crippen LogP contribution in [-0.4, -0.2) is 40.1 Å². The molecule has 0 amide bonds. The van der Waals surface area contributed by atoms with Gasteiger partial charge in [0, 0.05) is 21.3 Å². The third-order valence-corrected chi connectivity index (χ3v) is 1.75. The molecule has 0 aromatic heterocycles. The quantitative estimate of drug-likeness (QED) is 0.584. The maximum absolute atomic E-state index is 5.20. The molecule has 68 valence electrons. The molecule has 0 aliphatic carbocycles. The number of rotatable bonds is 6. The minimum absolute atomic E-state index is 0.0509. The van der Waals surface area contributed by atoms with Crippen molar-refractivity contribution in [3.63, 3.8) is 0 Å². The molecule has 0 bridgehead atoms. The Morgan fingerprint density at radius 1 is 1.00 bits per heavy atom. The van der Waals surface area contributed by atoms with E-state index in [1.807, 2.05) is 0 Å². The lowest BCUT2D eigenvalue weighted by atomic mass is 10.1. The third-order valence-electron chi connectivity index (χ3n) is 1.75. The molecule has 2 unspecified atom stereocenters. The second-order valence-corrected chi connectivity index (χ2v) is 2.41. The highest BCUT2D eigenvalue weighted by Gasteiger charge is 2.18. The molecule has 0 heterocycles. The average molecular weight is 162 g/mol. The van der Waals surface area contributed by atoms with Crippen LogP contribution in [0.25, 0.3) is 0 Å². The highest BCUT2D eigenvalue weighted by Crippen LogP contribution is 2.06. The number of methoxy groups -OCH3 is 3. The number of hydrogen-bond donors (Lipinski definition) is 0. The smallest absolute Gasteiger partial charge is 0.106 e. The Bertz CT molecular complexity index is 81.4. The molecule has 3 nitrogen and oxygen atoms in total. The standard InChI is InChI=1S/C8H18O3/c1-5-7(10-3)8(11-4)6-9-2/h7-8H,5-6H2,1-4H3. The van der Waals surface area contributed by atoms with Crippen LogP contribution in [-0.2, 0) is 14.2 Å². The predicted molar refractivity (Wildman–Crippen MR) is 43.8 cm³/mol. The summed E-state index contributed by atoms with van der Waals surface area (Å²) in [6, 6.07) is 0. The van der Waals surface area contributed by atoms with E-state index in [0.29, 0.717) is 6.61 Å². The summed E-state index contributed by atoms with van der Waals surface area (Å²) in [6.45, 7) is 2.65. The van der Waals surface area contributed by atoms with Crippen molar-refractivity contribution in [3.8, 4) is 0 Å². The van der Waals surface area contributed by atoms with Gasteiger partial charge in [-0.05, 0) is 6.42 Å². The second kappa shape index (κ2) is 6.58. The van der Waals surface area contributed by atoms with Gasteiger partial charge in [0.15, 0.2) is 0 Å². The van der Waals surface area contributed by atoms with E-state index in [-0.39, 0.29) is 12.2 Å². The van der Waals surface area contributed by atoms with Gasteiger partial charge in [-0.3, -0.25) is 0 Å². The lowest BCUT2D eigenvalue weighted by molar-refractivity contribution is -0.0686. The largest absolute Gasteiger partial charge is 0.382 e. The molecule has 0 rings (SSSR count). The van der Waals surface area contributed by atoms with E-state index in [1.165, 1.54) is 0 Å². The van der Waals surface area contributed by atoms with Crippen molar-refractivity contribution in [2.24, 2.45) is 0 Å². The zero-order chi connectivity index (χ0) is 8.69. The molecule has 0 aliphatic heterocycles. The van der Waals surface area contributed by atoms with Gasteiger partial charge in [0.2, 0.25) is 0 Å². The summed E-state index contributed by atoms with van der Waals surface area (Å²) in [5.41, 5.74) is 0. The Kier molecular flexibility index (Phi) is 6.51. The fraction of sp³-hybridized carbons (Fsp3) is 1.00. The fourth-order valence-corrected chi connectivity index (χ4v) is 1.07. The molecule has 2 atom stereocenters. The molecular formula is C8H18O3. The Morgan fingerprint density at radius 3 is 1.82 bits per heavy atom. The van der Waals surface area contributed by atoms with Gasteiger partial charge in [-0.25, -0.2) is 0 Å². The maximum atomic E-state index is 5.20. The average Bonchev–Trinajstić information content (AvgIpc) is 2.05. The van der Waals surface area contributed by atoms with Crippen LogP contribution in [0.1, 0.15) is 13.3 Å². The van der Waals surface area contributed by atoms with E-state index in [4.69, 9.17) is 14.2 Å². The fourth-order valence-electron chi connectivity index (χ4n) is 1.07. The van der Waals surface area contributed by atoms with Crippen molar-refractivity contribution in [3.05, 3.63) is 0 Å². The first kappa shape index (κ1) is 10.9. The molecule has 11 heavy (non-hydrogen) atoms. The van der Waals surface area contributed by atoms with Crippen molar-refractivity contribution in [1.29, 1.82) is 0 Å². The topological polar surface area (TPSA) is 27.7 Å². The zero-order valence-corrected chi connectivity index (χ0v) is 7.79. The van der Waals surface area contributed by atoms with Gasteiger partial charge in [-0.2, -0.15) is 0 Å². The molecule has 0 aliphatic rings. The first-order valence-corrected chi connectivity index (χ1v) is 3.84. The Hall–Kier alpha value is -0.120. The van der Waals surface area contributed by atoms with Crippen LogP contribution >= 0.6 is 0 Å². The molecule has 0 radical (unpaired) electrons. The van der Waals surface area contributed by atoms with Crippen LogP contribution in [0.4, 0.5) is 0 Å². The van der Waals surface area contributed by atoms with Crippen LogP contribution in [0.5, 0.6) is 0 Å². The predicted octanol–water partition coefficient (Wildman–Crippen LogP) is 1.07. The number of ether oxygens (including phenoxy) is 3. The van der Waals surface area contributed by atoms with E-state index < -0.39 is 0 Å². The van der Waals surface area contributed by atoms with Gasteiger partial charge in [0.05, 0.1) is 12.7 Å². The minimum atomic E-state index is 0.0509. The van der Waals surface area contributed by atoms with Crippen LogP contribution in [0.2, 0.25) is 0 Å². The summed E-state index contributed by atoms with van der Waals surface area (Å²) in [4.78, 5) is 0. The van der Waals surface area contributed by atoms with E-state index in [0.717, 1.165) is 6.42 Å². The van der Waals surface area contributed by atoms with Crippen molar-refractivity contribution in [2.45, 2.75) is 25.6 Å². The van der Waals surface area contributed by atoms with Crippen LogP contribution in [0.15, 0.2) is 0 Å². The minimum Gasteiger partial charge on any atom is -0.382 e. The van der Waals surface area contributed by atoms with Gasteiger partial charge < -0.3 is 14.2 Å². The van der Waals surface area contributed by atoms with E-state index >= 15 is 0 Å². The van der Waals surface area contributed by atoms with Gasteiger partial charge in [0.1, 0.15) is 6.10 Å². The Morgan fingerprint density at radius 2 is 1.55 bits per heavy atom. The SMILES string of the molecule is CCC(OC)C(COC)OC. The molecule has 0 fully saturated rings. The van der Waals surface area contributed by atoms with Gasteiger partial charge >= 0.3 is 0 Å². The molecule has 0 aromatic carbocycles. The molecule has 0 saturated heterocycles. The van der Waals surface area contributed by atoms with E-state index in [2.05, 4.69) is 6.92 Å². The van der Waals surface area contributed by atoms with Gasteiger partial charge in [0.25, 0.3) is 0 Å². The molecule has 0 aromatic rings. The van der Waals surface area contributed by atoms with Crippen molar-refractivity contribution in [2.75, 3.05) is 27.9 Å². The molecule has 0 N–H and O–H groups in total. The highest BCUT2D eigenvalue weighted by molar-refractivity contribution is 4.67. The molecule has 0 spiro atoms. The summed E-state index contributed by atoms with van der Waals surface area (Å²) in [7, 11) is 5.02.